The predicted octanol–water partition coefficient (Wildman–Crippen LogP) is 3.99. The van der Waals surface area contributed by atoms with Gasteiger partial charge in [0.15, 0.2) is 0 Å². The summed E-state index contributed by atoms with van der Waals surface area (Å²) in [5, 5.41) is 2.96. The van der Waals surface area contributed by atoms with Crippen molar-refractivity contribution in [2.45, 2.75) is 26.2 Å². The Bertz CT molecular complexity index is 984. The van der Waals surface area contributed by atoms with E-state index in [2.05, 4.69) is 21.2 Å². The summed E-state index contributed by atoms with van der Waals surface area (Å²) in [6.07, 6.45) is 1.51. The molecule has 0 radical (unpaired) electrons. The Morgan fingerprint density at radius 2 is 1.74 bits per heavy atom. The number of nitrogens with zero attached hydrogens (tertiary/aromatic N) is 2. The molecule has 2 saturated heterocycles. The van der Waals surface area contributed by atoms with Gasteiger partial charge in [-0.15, -0.1) is 0 Å². The van der Waals surface area contributed by atoms with Gasteiger partial charge >= 0.3 is 0 Å². The van der Waals surface area contributed by atoms with Crippen molar-refractivity contribution in [2.75, 3.05) is 29.9 Å². The number of hydrogen-bond acceptors (Lipinski definition) is 3. The van der Waals surface area contributed by atoms with Crippen molar-refractivity contribution in [1.29, 1.82) is 0 Å². The first kappa shape index (κ1) is 21.6. The van der Waals surface area contributed by atoms with E-state index in [-0.39, 0.29) is 36.0 Å². The minimum atomic E-state index is -0.319. The summed E-state index contributed by atoms with van der Waals surface area (Å²) >= 11 is 3.41. The van der Waals surface area contributed by atoms with E-state index in [1.807, 2.05) is 60.4 Å². The second kappa shape index (κ2) is 9.22. The van der Waals surface area contributed by atoms with E-state index >= 15 is 0 Å². The van der Waals surface area contributed by atoms with Gasteiger partial charge in [0.05, 0.1) is 5.92 Å². The Kier molecular flexibility index (Phi) is 6.41. The number of rotatable bonds is 4. The molecule has 2 aromatic rings. The van der Waals surface area contributed by atoms with Crippen molar-refractivity contribution in [3.63, 3.8) is 0 Å². The highest BCUT2D eigenvalue weighted by Gasteiger charge is 2.38. The maximum absolute atomic E-state index is 13.0. The Labute approximate surface area is 190 Å². The minimum absolute atomic E-state index is 0.00760. The van der Waals surface area contributed by atoms with Crippen molar-refractivity contribution < 1.29 is 14.4 Å². The molecule has 0 unspecified atom stereocenters. The number of aryl methyl sites for hydroxylation is 1. The van der Waals surface area contributed by atoms with Gasteiger partial charge in [-0.1, -0.05) is 39.7 Å². The topological polar surface area (TPSA) is 69.7 Å². The molecule has 2 aliphatic heterocycles. The lowest BCUT2D eigenvalue weighted by Crippen LogP contribution is -2.44. The third-order valence-electron chi connectivity index (χ3n) is 6.09. The fourth-order valence-corrected chi connectivity index (χ4v) is 4.68. The molecule has 2 fully saturated rings. The number of nitrogens with one attached hydrogen (secondary N) is 1. The number of halogens is 1. The Balaban J connectivity index is 1.30. The van der Waals surface area contributed by atoms with Crippen molar-refractivity contribution in [3.05, 3.63) is 58.6 Å². The highest BCUT2D eigenvalue weighted by atomic mass is 79.9. The number of carbonyl (C=O) groups excluding carboxylic acids is 3. The SMILES string of the molecule is Cc1ccc(N2C[C@@H](C(=O)N3CCC(C(=O)Nc4cccc(Br)c4)CC3)CC2=O)cc1. The molecule has 2 aromatic carbocycles. The lowest BCUT2D eigenvalue weighted by atomic mass is 9.94. The van der Waals surface area contributed by atoms with Crippen LogP contribution in [-0.4, -0.2) is 42.3 Å². The zero-order valence-electron chi connectivity index (χ0n) is 17.5. The van der Waals surface area contributed by atoms with Crippen molar-refractivity contribution in [3.8, 4) is 0 Å². The second-order valence-electron chi connectivity index (χ2n) is 8.34. The van der Waals surface area contributed by atoms with Crippen LogP contribution in [0.5, 0.6) is 0 Å². The van der Waals surface area contributed by atoms with Gasteiger partial charge in [0.25, 0.3) is 0 Å². The second-order valence-corrected chi connectivity index (χ2v) is 9.26. The molecule has 2 heterocycles. The van der Waals surface area contributed by atoms with Crippen LogP contribution in [0.2, 0.25) is 0 Å². The Morgan fingerprint density at radius 3 is 2.42 bits per heavy atom. The first-order valence-corrected chi connectivity index (χ1v) is 11.4. The number of likely N-dealkylation sites (tertiary alicyclic amines) is 1. The average Bonchev–Trinajstić information content (AvgIpc) is 3.15. The quantitative estimate of drug-likeness (QED) is 0.714. The molecular weight excluding hydrogens is 458 g/mol. The summed E-state index contributed by atoms with van der Waals surface area (Å²) in [5.41, 5.74) is 2.74. The molecule has 4 rings (SSSR count). The smallest absolute Gasteiger partial charge is 0.228 e. The Morgan fingerprint density at radius 1 is 1.03 bits per heavy atom. The van der Waals surface area contributed by atoms with E-state index in [1.54, 1.807) is 4.90 Å². The maximum atomic E-state index is 13.0. The molecule has 0 spiro atoms. The molecule has 2 aliphatic rings. The van der Waals surface area contributed by atoms with Crippen LogP contribution in [0.15, 0.2) is 53.0 Å². The maximum Gasteiger partial charge on any atom is 0.228 e. The van der Waals surface area contributed by atoms with E-state index in [9.17, 15) is 14.4 Å². The van der Waals surface area contributed by atoms with Crippen LogP contribution in [0.3, 0.4) is 0 Å². The standard InChI is InChI=1S/C24H26BrN3O3/c1-16-5-7-21(8-6-16)28-15-18(13-22(28)29)24(31)27-11-9-17(10-12-27)23(30)26-20-4-2-3-19(25)14-20/h2-8,14,17-18H,9-13,15H2,1H3,(H,26,30)/t18-/m0/s1. The summed E-state index contributed by atoms with van der Waals surface area (Å²) in [5.74, 6) is -0.427. The third kappa shape index (κ3) is 4.98. The van der Waals surface area contributed by atoms with Gasteiger partial charge in [0, 0.05) is 47.8 Å². The fraction of sp³-hybridized carbons (Fsp3) is 0.375. The number of carbonyl (C=O) groups is 3. The number of anilines is 2. The lowest BCUT2D eigenvalue weighted by molar-refractivity contribution is -0.138. The summed E-state index contributed by atoms with van der Waals surface area (Å²) in [4.78, 5) is 41.6. The first-order valence-electron chi connectivity index (χ1n) is 10.6. The molecule has 3 amide bonds. The van der Waals surface area contributed by atoms with Gasteiger partial charge in [-0.05, 0) is 50.1 Å². The molecule has 1 atom stereocenters. The van der Waals surface area contributed by atoms with E-state index in [1.165, 1.54) is 0 Å². The first-order chi connectivity index (χ1) is 14.9. The van der Waals surface area contributed by atoms with E-state index in [0.29, 0.717) is 32.5 Å². The molecule has 0 bridgehead atoms. The highest BCUT2D eigenvalue weighted by molar-refractivity contribution is 9.10. The summed E-state index contributed by atoms with van der Waals surface area (Å²) in [6.45, 7) is 3.52. The van der Waals surface area contributed by atoms with Crippen molar-refractivity contribution >= 4 is 45.0 Å². The molecule has 162 valence electrons. The molecule has 7 heteroatoms. The van der Waals surface area contributed by atoms with Gasteiger partial charge in [-0.2, -0.15) is 0 Å². The van der Waals surface area contributed by atoms with E-state index in [4.69, 9.17) is 0 Å². The number of piperidine rings is 1. The average molecular weight is 484 g/mol. The van der Waals surface area contributed by atoms with Crippen LogP contribution in [0.1, 0.15) is 24.8 Å². The lowest BCUT2D eigenvalue weighted by Gasteiger charge is -2.33. The normalized spacial score (nSPS) is 19.5. The van der Waals surface area contributed by atoms with E-state index < -0.39 is 0 Å². The molecular formula is C24H26BrN3O3. The number of benzene rings is 2. The molecule has 0 aromatic heterocycles. The summed E-state index contributed by atoms with van der Waals surface area (Å²) in [6, 6.07) is 15.3. The van der Waals surface area contributed by atoms with Gasteiger partial charge in [-0.3, -0.25) is 14.4 Å². The van der Waals surface area contributed by atoms with Crippen LogP contribution >= 0.6 is 15.9 Å². The van der Waals surface area contributed by atoms with E-state index in [0.717, 1.165) is 21.4 Å². The van der Waals surface area contributed by atoms with Gasteiger partial charge in [0.1, 0.15) is 0 Å². The molecule has 6 nitrogen and oxygen atoms in total. The zero-order chi connectivity index (χ0) is 22.0. The summed E-state index contributed by atoms with van der Waals surface area (Å²) in [7, 11) is 0. The van der Waals surface area contributed by atoms with Crippen LogP contribution < -0.4 is 10.2 Å². The van der Waals surface area contributed by atoms with Gasteiger partial charge in [-0.25, -0.2) is 0 Å². The van der Waals surface area contributed by atoms with Crippen molar-refractivity contribution in [2.24, 2.45) is 11.8 Å². The number of amides is 3. The van der Waals surface area contributed by atoms with Crippen LogP contribution in [0, 0.1) is 18.8 Å². The zero-order valence-corrected chi connectivity index (χ0v) is 19.1. The molecule has 0 aliphatic carbocycles. The molecule has 0 saturated carbocycles. The Hall–Kier alpha value is -2.67. The highest BCUT2D eigenvalue weighted by Crippen LogP contribution is 2.28. The molecule has 1 N–H and O–H groups in total. The minimum Gasteiger partial charge on any atom is -0.342 e. The summed E-state index contributed by atoms with van der Waals surface area (Å²) < 4.78 is 0.913. The van der Waals surface area contributed by atoms with Crippen molar-refractivity contribution in [1.82, 2.24) is 4.90 Å². The van der Waals surface area contributed by atoms with Crippen LogP contribution in [0.25, 0.3) is 0 Å². The van der Waals surface area contributed by atoms with Crippen LogP contribution in [0.4, 0.5) is 11.4 Å². The number of hydrogen-bond donors (Lipinski definition) is 1. The van der Waals surface area contributed by atoms with Gasteiger partial charge < -0.3 is 15.1 Å². The largest absolute Gasteiger partial charge is 0.342 e. The third-order valence-corrected chi connectivity index (χ3v) is 6.58. The van der Waals surface area contributed by atoms with Gasteiger partial charge in [0.2, 0.25) is 17.7 Å². The predicted molar refractivity (Wildman–Crippen MR) is 124 cm³/mol. The van der Waals surface area contributed by atoms with Crippen LogP contribution in [-0.2, 0) is 14.4 Å². The monoisotopic (exact) mass is 483 g/mol. The molecule has 31 heavy (non-hydrogen) atoms. The fourth-order valence-electron chi connectivity index (χ4n) is 4.28.